The number of amides is 1. The average Bonchev–Trinajstić information content (AvgIpc) is 2.56. The fraction of sp³-hybridized carbons (Fsp3) is 0.211. The monoisotopic (exact) mass is 360 g/mol. The van der Waals surface area contributed by atoms with E-state index in [1.807, 2.05) is 66.6 Å². The van der Waals surface area contributed by atoms with Crippen LogP contribution in [-0.2, 0) is 11.3 Å². The van der Waals surface area contributed by atoms with E-state index in [0.29, 0.717) is 13.1 Å². The molecule has 2 rings (SSSR count). The molecule has 2 aromatic rings. The van der Waals surface area contributed by atoms with E-state index in [1.54, 1.807) is 11.8 Å². The molecule has 0 atom stereocenters. The van der Waals surface area contributed by atoms with Crippen molar-refractivity contribution in [3.05, 3.63) is 71.8 Å². The summed E-state index contributed by atoms with van der Waals surface area (Å²) in [7, 11) is 1.90. The largest absolute Gasteiger partial charge is 0.324 e. The maximum Gasteiger partial charge on any atom is 0.238 e. The number of carbonyl (C=O) groups is 1. The lowest BCUT2D eigenvalue weighted by atomic mass is 10.2. The summed E-state index contributed by atoms with van der Waals surface area (Å²) < 4.78 is 0. The second-order valence-electron chi connectivity index (χ2n) is 5.41. The minimum atomic E-state index is -0.0452. The molecule has 0 aliphatic heterocycles. The van der Waals surface area contributed by atoms with E-state index in [4.69, 9.17) is 11.6 Å². The average molecular weight is 361 g/mol. The van der Waals surface area contributed by atoms with Gasteiger partial charge in [-0.1, -0.05) is 48.0 Å². The number of rotatable bonds is 8. The second kappa shape index (κ2) is 9.52. The first-order valence-electron chi connectivity index (χ1n) is 7.64. The maximum absolute atomic E-state index is 12.3. The first kappa shape index (κ1) is 18.6. The number of likely N-dealkylation sites (N-methyl/N-ethyl adjacent to an activating group) is 1. The van der Waals surface area contributed by atoms with Crippen LogP contribution in [0.4, 0.5) is 5.69 Å². The highest BCUT2D eigenvalue weighted by Gasteiger charge is 2.11. The zero-order chi connectivity index (χ0) is 17.4. The van der Waals surface area contributed by atoms with Gasteiger partial charge in [0.05, 0.1) is 12.2 Å². The minimum Gasteiger partial charge on any atom is -0.324 e. The number of thioether (sulfide) groups is 1. The molecule has 1 N–H and O–H groups in total. The normalized spacial score (nSPS) is 10.6. The van der Waals surface area contributed by atoms with Gasteiger partial charge in [-0.05, 0) is 30.8 Å². The molecule has 0 spiro atoms. The Balaban J connectivity index is 1.93. The highest BCUT2D eigenvalue weighted by Crippen LogP contribution is 2.26. The van der Waals surface area contributed by atoms with Crippen molar-refractivity contribution in [1.82, 2.24) is 4.90 Å². The molecule has 0 radical (unpaired) electrons. The Morgan fingerprint density at radius 3 is 2.71 bits per heavy atom. The summed E-state index contributed by atoms with van der Waals surface area (Å²) in [6.45, 7) is 4.65. The quantitative estimate of drug-likeness (QED) is 0.547. The van der Waals surface area contributed by atoms with Crippen molar-refractivity contribution in [1.29, 1.82) is 0 Å². The zero-order valence-corrected chi connectivity index (χ0v) is 15.2. The number of nitrogens with one attached hydrogen (secondary N) is 1. The zero-order valence-electron chi connectivity index (χ0n) is 13.7. The molecular formula is C19H21ClN2OS. The summed E-state index contributed by atoms with van der Waals surface area (Å²) in [5.41, 5.74) is 1.84. The van der Waals surface area contributed by atoms with Crippen LogP contribution in [0, 0.1) is 0 Å². The summed E-state index contributed by atoms with van der Waals surface area (Å²) >= 11 is 7.81. The Hall–Kier alpha value is -1.75. The molecule has 1 amide bonds. The van der Waals surface area contributed by atoms with Gasteiger partial charge in [0.25, 0.3) is 0 Å². The second-order valence-corrected chi connectivity index (χ2v) is 6.88. The molecule has 0 aromatic heterocycles. The molecule has 0 aliphatic carbocycles. The van der Waals surface area contributed by atoms with E-state index >= 15 is 0 Å². The standard InChI is InChI=1S/C19H21ClN2OS/c1-3-12-24-18-11-7-6-10-17(18)21-19(23)14-22(2)13-15-8-4-5-9-16(15)20/h3-11H,1,12-14H2,2H3,(H,21,23). The minimum absolute atomic E-state index is 0.0452. The Labute approximate surface area is 152 Å². The molecule has 0 saturated carbocycles. The third-order valence-corrected chi connectivity index (χ3v) is 4.77. The molecule has 0 unspecified atom stereocenters. The number of halogens is 1. The number of nitrogens with zero attached hydrogens (tertiary/aromatic N) is 1. The van der Waals surface area contributed by atoms with Crippen LogP contribution in [-0.4, -0.2) is 30.2 Å². The van der Waals surface area contributed by atoms with E-state index in [-0.39, 0.29) is 5.91 Å². The van der Waals surface area contributed by atoms with Gasteiger partial charge in [-0.25, -0.2) is 0 Å². The lowest BCUT2D eigenvalue weighted by Crippen LogP contribution is -2.30. The van der Waals surface area contributed by atoms with Crippen LogP contribution in [0.1, 0.15) is 5.56 Å². The number of hydrogen-bond donors (Lipinski definition) is 1. The number of hydrogen-bond acceptors (Lipinski definition) is 3. The van der Waals surface area contributed by atoms with Gasteiger partial charge in [0.15, 0.2) is 0 Å². The Morgan fingerprint density at radius 2 is 1.96 bits per heavy atom. The van der Waals surface area contributed by atoms with E-state index < -0.39 is 0 Å². The maximum atomic E-state index is 12.3. The van der Waals surface area contributed by atoms with Crippen molar-refractivity contribution >= 4 is 35.0 Å². The summed E-state index contributed by atoms with van der Waals surface area (Å²) in [5.74, 6) is 0.760. The number of carbonyl (C=O) groups excluding carboxylic acids is 1. The number of para-hydroxylation sites is 1. The van der Waals surface area contributed by atoms with Crippen molar-refractivity contribution in [2.24, 2.45) is 0 Å². The van der Waals surface area contributed by atoms with Crippen LogP contribution >= 0.6 is 23.4 Å². The molecule has 0 bridgehead atoms. The molecule has 0 fully saturated rings. The lowest BCUT2D eigenvalue weighted by Gasteiger charge is -2.18. The molecule has 0 aliphatic rings. The Kier molecular flexibility index (Phi) is 7.37. The number of anilines is 1. The van der Waals surface area contributed by atoms with Crippen molar-refractivity contribution < 1.29 is 4.79 Å². The van der Waals surface area contributed by atoms with Crippen LogP contribution in [0.5, 0.6) is 0 Å². The molecule has 3 nitrogen and oxygen atoms in total. The van der Waals surface area contributed by atoms with Crippen LogP contribution in [0.2, 0.25) is 5.02 Å². The van der Waals surface area contributed by atoms with Gasteiger partial charge in [-0.3, -0.25) is 9.69 Å². The highest BCUT2D eigenvalue weighted by molar-refractivity contribution is 7.99. The summed E-state index contributed by atoms with van der Waals surface area (Å²) in [6.07, 6.45) is 1.85. The molecular weight excluding hydrogens is 340 g/mol. The molecule has 0 saturated heterocycles. The van der Waals surface area contributed by atoms with Crippen molar-refractivity contribution in [3.8, 4) is 0 Å². The van der Waals surface area contributed by atoms with Gasteiger partial charge in [-0.15, -0.1) is 18.3 Å². The predicted octanol–water partition coefficient (Wildman–Crippen LogP) is 4.69. The van der Waals surface area contributed by atoms with Crippen LogP contribution < -0.4 is 5.32 Å². The topological polar surface area (TPSA) is 32.3 Å². The van der Waals surface area contributed by atoms with E-state index in [0.717, 1.165) is 26.9 Å². The SMILES string of the molecule is C=CCSc1ccccc1NC(=O)CN(C)Cc1ccccc1Cl. The van der Waals surface area contributed by atoms with Gasteiger partial charge in [0.1, 0.15) is 0 Å². The van der Waals surface area contributed by atoms with E-state index in [9.17, 15) is 4.79 Å². The summed E-state index contributed by atoms with van der Waals surface area (Å²) in [6, 6.07) is 15.5. The third-order valence-electron chi connectivity index (χ3n) is 3.33. The van der Waals surface area contributed by atoms with Gasteiger partial charge in [0, 0.05) is 22.2 Å². The highest BCUT2D eigenvalue weighted by atomic mass is 35.5. The molecule has 5 heteroatoms. The van der Waals surface area contributed by atoms with Gasteiger partial charge in [-0.2, -0.15) is 0 Å². The molecule has 126 valence electrons. The lowest BCUT2D eigenvalue weighted by molar-refractivity contribution is -0.117. The van der Waals surface area contributed by atoms with E-state index in [1.165, 1.54) is 0 Å². The number of benzene rings is 2. The first-order valence-corrected chi connectivity index (χ1v) is 9.01. The summed E-state index contributed by atoms with van der Waals surface area (Å²) in [5, 5.41) is 3.70. The molecule has 0 heterocycles. The first-order chi connectivity index (χ1) is 11.6. The van der Waals surface area contributed by atoms with Crippen LogP contribution in [0.3, 0.4) is 0 Å². The van der Waals surface area contributed by atoms with Crippen LogP contribution in [0.15, 0.2) is 66.1 Å². The smallest absolute Gasteiger partial charge is 0.238 e. The predicted molar refractivity (Wildman–Crippen MR) is 104 cm³/mol. The van der Waals surface area contributed by atoms with Crippen molar-refractivity contribution in [3.63, 3.8) is 0 Å². The van der Waals surface area contributed by atoms with Crippen molar-refractivity contribution in [2.75, 3.05) is 24.7 Å². The van der Waals surface area contributed by atoms with Gasteiger partial charge >= 0.3 is 0 Å². The Morgan fingerprint density at radius 1 is 1.25 bits per heavy atom. The van der Waals surface area contributed by atoms with Crippen molar-refractivity contribution in [2.45, 2.75) is 11.4 Å². The fourth-order valence-electron chi connectivity index (χ4n) is 2.25. The van der Waals surface area contributed by atoms with Gasteiger partial charge < -0.3 is 5.32 Å². The molecule has 2 aromatic carbocycles. The summed E-state index contributed by atoms with van der Waals surface area (Å²) in [4.78, 5) is 15.3. The van der Waals surface area contributed by atoms with Crippen LogP contribution in [0.25, 0.3) is 0 Å². The van der Waals surface area contributed by atoms with Gasteiger partial charge in [0.2, 0.25) is 5.91 Å². The third kappa shape index (κ3) is 5.71. The van der Waals surface area contributed by atoms with E-state index in [2.05, 4.69) is 11.9 Å². The fourth-order valence-corrected chi connectivity index (χ4v) is 3.19. The molecule has 24 heavy (non-hydrogen) atoms. The Bertz CT molecular complexity index is 705.